The van der Waals surface area contributed by atoms with Crippen molar-refractivity contribution in [2.45, 2.75) is 39.3 Å². The molecule has 0 radical (unpaired) electrons. The maximum absolute atomic E-state index is 11.1. The maximum Gasteiger partial charge on any atom is 0.323 e. The molecule has 1 heterocycles. The molecule has 0 amide bonds. The van der Waals surface area contributed by atoms with Gasteiger partial charge in [0.1, 0.15) is 6.04 Å². The highest BCUT2D eigenvalue weighted by Gasteiger charge is 2.33. The summed E-state index contributed by atoms with van der Waals surface area (Å²) in [5.41, 5.74) is 0. The maximum atomic E-state index is 11.1. The fourth-order valence-electron chi connectivity index (χ4n) is 1.99. The average Bonchev–Trinajstić information content (AvgIpc) is 2.27. The summed E-state index contributed by atoms with van der Waals surface area (Å²) < 4.78 is 5.21. The lowest BCUT2D eigenvalue weighted by Gasteiger charge is -2.39. The van der Waals surface area contributed by atoms with E-state index in [9.17, 15) is 4.79 Å². The number of hydrogen-bond acceptors (Lipinski definition) is 3. The molecule has 4 heteroatoms. The minimum Gasteiger partial charge on any atom is -0.480 e. The molecule has 15 heavy (non-hydrogen) atoms. The SMILES string of the molecule is CCC(C)C(C)N1CCOCC1C(=O)O. The minimum absolute atomic E-state index is 0.306. The van der Waals surface area contributed by atoms with Crippen LogP contribution in [0.2, 0.25) is 0 Å². The van der Waals surface area contributed by atoms with E-state index in [1.54, 1.807) is 0 Å². The van der Waals surface area contributed by atoms with E-state index in [1.165, 1.54) is 0 Å². The van der Waals surface area contributed by atoms with Gasteiger partial charge in [0.2, 0.25) is 0 Å². The molecular formula is C11H21NO3. The number of carboxylic acids is 1. The number of morpholine rings is 1. The van der Waals surface area contributed by atoms with Crippen molar-refractivity contribution in [1.29, 1.82) is 0 Å². The summed E-state index contributed by atoms with van der Waals surface area (Å²) in [5.74, 6) is -0.255. The average molecular weight is 215 g/mol. The van der Waals surface area contributed by atoms with Gasteiger partial charge in [-0.1, -0.05) is 20.3 Å². The third-order valence-corrected chi connectivity index (χ3v) is 3.45. The van der Waals surface area contributed by atoms with Gasteiger partial charge in [0.25, 0.3) is 0 Å². The van der Waals surface area contributed by atoms with E-state index in [4.69, 9.17) is 9.84 Å². The first-order chi connectivity index (χ1) is 7.07. The van der Waals surface area contributed by atoms with Crippen molar-refractivity contribution < 1.29 is 14.6 Å². The Morgan fingerprint density at radius 2 is 2.27 bits per heavy atom. The van der Waals surface area contributed by atoms with E-state index in [0.717, 1.165) is 13.0 Å². The van der Waals surface area contributed by atoms with Gasteiger partial charge in [-0.2, -0.15) is 0 Å². The first-order valence-corrected chi connectivity index (χ1v) is 5.64. The second-order valence-corrected chi connectivity index (χ2v) is 4.29. The standard InChI is InChI=1S/C11H21NO3/c1-4-8(2)9(3)12-5-6-15-7-10(12)11(13)14/h8-10H,4-7H2,1-3H3,(H,13,14). The van der Waals surface area contributed by atoms with Crippen molar-refractivity contribution >= 4 is 5.97 Å². The number of nitrogens with zero attached hydrogens (tertiary/aromatic N) is 1. The second-order valence-electron chi connectivity index (χ2n) is 4.29. The summed E-state index contributed by atoms with van der Waals surface area (Å²) in [4.78, 5) is 13.1. The van der Waals surface area contributed by atoms with Crippen LogP contribution in [0.1, 0.15) is 27.2 Å². The van der Waals surface area contributed by atoms with E-state index < -0.39 is 12.0 Å². The van der Waals surface area contributed by atoms with Crippen LogP contribution in [0.5, 0.6) is 0 Å². The molecule has 0 aromatic heterocycles. The van der Waals surface area contributed by atoms with Crippen molar-refractivity contribution in [3.05, 3.63) is 0 Å². The first kappa shape index (κ1) is 12.5. The lowest BCUT2D eigenvalue weighted by molar-refractivity contribution is -0.152. The van der Waals surface area contributed by atoms with E-state index in [2.05, 4.69) is 25.7 Å². The third-order valence-electron chi connectivity index (χ3n) is 3.45. The monoisotopic (exact) mass is 215 g/mol. The van der Waals surface area contributed by atoms with Crippen LogP contribution >= 0.6 is 0 Å². The molecule has 1 aliphatic rings. The van der Waals surface area contributed by atoms with Crippen LogP contribution in [0.3, 0.4) is 0 Å². The second kappa shape index (κ2) is 5.47. The molecule has 0 aromatic rings. The highest BCUT2D eigenvalue weighted by atomic mass is 16.5. The summed E-state index contributed by atoms with van der Waals surface area (Å²) in [5, 5.41) is 9.09. The van der Waals surface area contributed by atoms with E-state index >= 15 is 0 Å². The molecule has 0 bridgehead atoms. The van der Waals surface area contributed by atoms with Gasteiger partial charge in [0, 0.05) is 12.6 Å². The third kappa shape index (κ3) is 2.92. The molecule has 3 unspecified atom stereocenters. The lowest BCUT2D eigenvalue weighted by Crippen LogP contribution is -2.55. The molecule has 1 rings (SSSR count). The molecule has 3 atom stereocenters. The quantitative estimate of drug-likeness (QED) is 0.765. The van der Waals surface area contributed by atoms with Gasteiger partial charge >= 0.3 is 5.97 Å². The number of carboxylic acid groups (broad SMARTS) is 1. The van der Waals surface area contributed by atoms with Crippen molar-refractivity contribution in [3.8, 4) is 0 Å². The van der Waals surface area contributed by atoms with Gasteiger partial charge in [0.15, 0.2) is 0 Å². The van der Waals surface area contributed by atoms with Gasteiger partial charge in [-0.25, -0.2) is 0 Å². The summed E-state index contributed by atoms with van der Waals surface area (Å²) in [6.45, 7) is 8.09. The molecule has 0 aromatic carbocycles. The van der Waals surface area contributed by atoms with Crippen LogP contribution in [-0.2, 0) is 9.53 Å². The summed E-state index contributed by atoms with van der Waals surface area (Å²) in [6.07, 6.45) is 1.07. The van der Waals surface area contributed by atoms with Gasteiger partial charge in [-0.3, -0.25) is 9.69 Å². The number of rotatable bonds is 4. The fourth-order valence-corrected chi connectivity index (χ4v) is 1.99. The van der Waals surface area contributed by atoms with Crippen LogP contribution in [0.15, 0.2) is 0 Å². The minimum atomic E-state index is -0.773. The molecule has 1 aliphatic heterocycles. The Labute approximate surface area is 91.2 Å². The zero-order valence-electron chi connectivity index (χ0n) is 9.77. The van der Waals surface area contributed by atoms with Crippen molar-refractivity contribution in [1.82, 2.24) is 4.90 Å². The van der Waals surface area contributed by atoms with Crippen molar-refractivity contribution in [2.75, 3.05) is 19.8 Å². The van der Waals surface area contributed by atoms with Crippen LogP contribution in [0.25, 0.3) is 0 Å². The fraction of sp³-hybridized carbons (Fsp3) is 0.909. The number of hydrogen-bond donors (Lipinski definition) is 1. The summed E-state index contributed by atoms with van der Waals surface area (Å²) in [6, 6.07) is -0.164. The number of ether oxygens (including phenoxy) is 1. The zero-order chi connectivity index (χ0) is 11.4. The number of aliphatic carboxylic acids is 1. The Hall–Kier alpha value is -0.610. The molecule has 1 N–H and O–H groups in total. The Balaban J connectivity index is 2.67. The van der Waals surface area contributed by atoms with Crippen LogP contribution in [-0.4, -0.2) is 47.8 Å². The van der Waals surface area contributed by atoms with E-state index in [0.29, 0.717) is 25.2 Å². The molecule has 1 saturated heterocycles. The van der Waals surface area contributed by atoms with E-state index in [-0.39, 0.29) is 0 Å². The highest BCUT2D eigenvalue weighted by Crippen LogP contribution is 2.19. The Kier molecular flexibility index (Phi) is 4.54. The zero-order valence-corrected chi connectivity index (χ0v) is 9.77. The molecular weight excluding hydrogens is 194 g/mol. The molecule has 0 aliphatic carbocycles. The van der Waals surface area contributed by atoms with Gasteiger partial charge < -0.3 is 9.84 Å². The largest absolute Gasteiger partial charge is 0.480 e. The van der Waals surface area contributed by atoms with Crippen LogP contribution in [0, 0.1) is 5.92 Å². The molecule has 88 valence electrons. The van der Waals surface area contributed by atoms with Gasteiger partial charge in [-0.05, 0) is 12.8 Å². The van der Waals surface area contributed by atoms with Crippen molar-refractivity contribution in [3.63, 3.8) is 0 Å². The smallest absolute Gasteiger partial charge is 0.323 e. The van der Waals surface area contributed by atoms with Gasteiger partial charge in [0.05, 0.1) is 13.2 Å². The number of carbonyl (C=O) groups is 1. The highest BCUT2D eigenvalue weighted by molar-refractivity contribution is 5.73. The Morgan fingerprint density at radius 1 is 1.60 bits per heavy atom. The Bertz CT molecular complexity index is 220. The predicted octanol–water partition coefficient (Wildman–Crippen LogP) is 1.21. The van der Waals surface area contributed by atoms with E-state index in [1.807, 2.05) is 0 Å². The van der Waals surface area contributed by atoms with Crippen LogP contribution in [0.4, 0.5) is 0 Å². The topological polar surface area (TPSA) is 49.8 Å². The molecule has 1 fully saturated rings. The molecule has 0 spiro atoms. The lowest BCUT2D eigenvalue weighted by atomic mass is 9.97. The predicted molar refractivity (Wildman–Crippen MR) is 57.9 cm³/mol. The Morgan fingerprint density at radius 3 is 2.80 bits per heavy atom. The first-order valence-electron chi connectivity index (χ1n) is 5.64. The molecule has 4 nitrogen and oxygen atoms in total. The van der Waals surface area contributed by atoms with Crippen LogP contribution < -0.4 is 0 Å². The summed E-state index contributed by atoms with van der Waals surface area (Å²) in [7, 11) is 0. The normalized spacial score (nSPS) is 27.3. The summed E-state index contributed by atoms with van der Waals surface area (Å²) >= 11 is 0. The molecule has 0 saturated carbocycles. The van der Waals surface area contributed by atoms with Gasteiger partial charge in [-0.15, -0.1) is 0 Å². The van der Waals surface area contributed by atoms with Crippen molar-refractivity contribution in [2.24, 2.45) is 5.92 Å².